The Labute approximate surface area is 112 Å². The molecule has 0 saturated heterocycles. The van der Waals surface area contributed by atoms with Gasteiger partial charge < -0.3 is 5.73 Å². The van der Waals surface area contributed by atoms with E-state index in [9.17, 15) is 17.2 Å². The first-order valence-electron chi connectivity index (χ1n) is 4.99. The summed E-state index contributed by atoms with van der Waals surface area (Å²) in [6.45, 7) is 1.73. The smallest absolute Gasteiger partial charge is 0.266 e. The predicted octanol–water partition coefficient (Wildman–Crippen LogP) is 2.11. The minimum Gasteiger partial charge on any atom is -0.399 e. The molecule has 2 aromatic rings. The zero-order chi connectivity index (χ0) is 14.2. The second kappa shape index (κ2) is 4.74. The van der Waals surface area contributed by atoms with Crippen LogP contribution in [0.25, 0.3) is 0 Å². The molecular weight excluding hydrogens is 296 g/mol. The zero-order valence-corrected chi connectivity index (χ0v) is 11.3. The summed E-state index contributed by atoms with van der Waals surface area (Å²) in [5.41, 5.74) is 5.13. The molecular formula is C10H9F2N3O2S2. The molecule has 0 aliphatic carbocycles. The Kier molecular flexibility index (Phi) is 3.42. The second-order valence-corrected chi connectivity index (χ2v) is 6.58. The number of anilines is 2. The molecule has 9 heteroatoms. The number of aromatic nitrogens is 1. The third-order valence-electron chi connectivity index (χ3n) is 2.15. The van der Waals surface area contributed by atoms with Crippen LogP contribution in [0.4, 0.5) is 19.6 Å². The van der Waals surface area contributed by atoms with Crippen LogP contribution in [-0.2, 0) is 10.0 Å². The molecule has 2 rings (SSSR count). The standard InChI is InChI=1S/C10H9F2N3O2S2/c1-5-4-14-10(18-5)15-19(16,17)8-3-6(13)2-7(11)9(8)12/h2-4H,13H2,1H3,(H,14,15). The molecule has 0 aliphatic rings. The molecule has 0 radical (unpaired) electrons. The summed E-state index contributed by atoms with van der Waals surface area (Å²) in [6, 6.07) is 1.56. The Morgan fingerprint density at radius 2 is 2.05 bits per heavy atom. The fourth-order valence-corrected chi connectivity index (χ4v) is 3.38. The third kappa shape index (κ3) is 2.82. The van der Waals surface area contributed by atoms with Crippen molar-refractivity contribution in [3.05, 3.63) is 34.8 Å². The fourth-order valence-electron chi connectivity index (χ4n) is 1.35. The van der Waals surface area contributed by atoms with Crippen molar-refractivity contribution in [2.45, 2.75) is 11.8 Å². The molecule has 1 heterocycles. The van der Waals surface area contributed by atoms with E-state index in [-0.39, 0.29) is 10.8 Å². The molecule has 0 atom stereocenters. The first-order chi connectivity index (χ1) is 8.79. The number of nitrogens with two attached hydrogens (primary N) is 1. The summed E-state index contributed by atoms with van der Waals surface area (Å²) in [5, 5.41) is 0.0692. The molecule has 0 fully saturated rings. The Balaban J connectivity index is 2.45. The van der Waals surface area contributed by atoms with E-state index in [1.165, 1.54) is 6.20 Å². The first-order valence-corrected chi connectivity index (χ1v) is 7.29. The number of sulfonamides is 1. The van der Waals surface area contributed by atoms with Crippen LogP contribution in [-0.4, -0.2) is 13.4 Å². The minimum atomic E-state index is -4.27. The molecule has 5 nitrogen and oxygen atoms in total. The molecule has 0 unspecified atom stereocenters. The van der Waals surface area contributed by atoms with E-state index in [1.54, 1.807) is 6.92 Å². The van der Waals surface area contributed by atoms with Crippen LogP contribution in [0.2, 0.25) is 0 Å². The van der Waals surface area contributed by atoms with Crippen LogP contribution in [0.1, 0.15) is 4.88 Å². The monoisotopic (exact) mass is 305 g/mol. The number of hydrogen-bond donors (Lipinski definition) is 2. The Bertz CT molecular complexity index is 728. The lowest BCUT2D eigenvalue weighted by molar-refractivity contribution is 0.486. The lowest BCUT2D eigenvalue weighted by Gasteiger charge is -2.07. The van der Waals surface area contributed by atoms with Gasteiger partial charge in [-0.2, -0.15) is 0 Å². The number of aryl methyl sites for hydroxylation is 1. The van der Waals surface area contributed by atoms with Gasteiger partial charge in [-0.1, -0.05) is 0 Å². The van der Waals surface area contributed by atoms with E-state index in [0.29, 0.717) is 6.07 Å². The summed E-state index contributed by atoms with van der Waals surface area (Å²) in [7, 11) is -4.27. The topological polar surface area (TPSA) is 85.1 Å². The number of rotatable bonds is 3. The summed E-state index contributed by atoms with van der Waals surface area (Å²) >= 11 is 1.07. The van der Waals surface area contributed by atoms with Crippen molar-refractivity contribution in [1.29, 1.82) is 0 Å². The zero-order valence-electron chi connectivity index (χ0n) is 9.65. The third-order valence-corrected chi connectivity index (χ3v) is 4.45. The van der Waals surface area contributed by atoms with Crippen molar-refractivity contribution < 1.29 is 17.2 Å². The number of nitrogens with zero attached hydrogens (tertiary/aromatic N) is 1. The van der Waals surface area contributed by atoms with Crippen molar-refractivity contribution in [3.63, 3.8) is 0 Å². The Morgan fingerprint density at radius 1 is 1.37 bits per heavy atom. The summed E-state index contributed by atoms with van der Waals surface area (Å²) in [4.78, 5) is 3.71. The van der Waals surface area contributed by atoms with Crippen LogP contribution in [0, 0.1) is 18.6 Å². The number of benzene rings is 1. The summed E-state index contributed by atoms with van der Waals surface area (Å²) in [5.74, 6) is -2.80. The quantitative estimate of drug-likeness (QED) is 0.851. The van der Waals surface area contributed by atoms with Gasteiger partial charge in [-0.05, 0) is 19.1 Å². The molecule has 0 spiro atoms. The molecule has 102 valence electrons. The highest BCUT2D eigenvalue weighted by atomic mass is 32.2. The first kappa shape index (κ1) is 13.7. The number of hydrogen-bond acceptors (Lipinski definition) is 5. The maximum atomic E-state index is 13.5. The van der Waals surface area contributed by atoms with E-state index < -0.39 is 26.6 Å². The van der Waals surface area contributed by atoms with Crippen LogP contribution in [0.3, 0.4) is 0 Å². The predicted molar refractivity (Wildman–Crippen MR) is 68.4 cm³/mol. The van der Waals surface area contributed by atoms with Gasteiger partial charge in [-0.3, -0.25) is 4.72 Å². The maximum absolute atomic E-state index is 13.5. The van der Waals surface area contributed by atoms with Gasteiger partial charge >= 0.3 is 0 Å². The normalized spacial score (nSPS) is 11.5. The minimum absolute atomic E-state index is 0.0692. The SMILES string of the molecule is Cc1cnc(NS(=O)(=O)c2cc(N)cc(F)c2F)s1. The van der Waals surface area contributed by atoms with Gasteiger partial charge in [0.2, 0.25) is 0 Å². The van der Waals surface area contributed by atoms with Crippen molar-refractivity contribution in [1.82, 2.24) is 4.98 Å². The average molecular weight is 305 g/mol. The molecule has 0 bridgehead atoms. The molecule has 3 N–H and O–H groups in total. The van der Waals surface area contributed by atoms with Gasteiger partial charge in [0.25, 0.3) is 10.0 Å². The fraction of sp³-hybridized carbons (Fsp3) is 0.100. The van der Waals surface area contributed by atoms with Crippen molar-refractivity contribution in [2.24, 2.45) is 0 Å². The highest BCUT2D eigenvalue weighted by Gasteiger charge is 2.23. The van der Waals surface area contributed by atoms with Crippen molar-refractivity contribution in [2.75, 3.05) is 10.5 Å². The summed E-state index contributed by atoms with van der Waals surface area (Å²) in [6.07, 6.45) is 1.46. The molecule has 0 amide bonds. The van der Waals surface area contributed by atoms with E-state index >= 15 is 0 Å². The van der Waals surface area contributed by atoms with Crippen LogP contribution in [0.15, 0.2) is 23.2 Å². The van der Waals surface area contributed by atoms with Crippen LogP contribution < -0.4 is 10.5 Å². The highest BCUT2D eigenvalue weighted by Crippen LogP contribution is 2.25. The van der Waals surface area contributed by atoms with E-state index in [2.05, 4.69) is 9.71 Å². The van der Waals surface area contributed by atoms with E-state index in [4.69, 9.17) is 5.73 Å². The largest absolute Gasteiger partial charge is 0.399 e. The average Bonchev–Trinajstić information content (AvgIpc) is 2.68. The number of halogens is 2. The molecule has 1 aromatic carbocycles. The molecule has 1 aromatic heterocycles. The van der Waals surface area contributed by atoms with E-state index in [1.807, 2.05) is 0 Å². The number of thiazole rings is 1. The molecule has 0 aliphatic heterocycles. The lowest BCUT2D eigenvalue weighted by Crippen LogP contribution is -2.15. The van der Waals surface area contributed by atoms with Gasteiger partial charge in [0.15, 0.2) is 16.8 Å². The van der Waals surface area contributed by atoms with Gasteiger partial charge in [-0.15, -0.1) is 11.3 Å². The van der Waals surface area contributed by atoms with Gasteiger partial charge in [0.1, 0.15) is 4.90 Å². The number of nitrogen functional groups attached to an aromatic ring is 1. The van der Waals surface area contributed by atoms with Gasteiger partial charge in [0, 0.05) is 16.8 Å². The van der Waals surface area contributed by atoms with Gasteiger partial charge in [0.05, 0.1) is 0 Å². The molecule has 0 saturated carbocycles. The van der Waals surface area contributed by atoms with Gasteiger partial charge in [-0.25, -0.2) is 22.2 Å². The second-order valence-electron chi connectivity index (χ2n) is 3.70. The lowest BCUT2D eigenvalue weighted by atomic mass is 10.3. The van der Waals surface area contributed by atoms with Crippen LogP contribution in [0.5, 0.6) is 0 Å². The Morgan fingerprint density at radius 3 is 2.63 bits per heavy atom. The van der Waals surface area contributed by atoms with Crippen molar-refractivity contribution in [3.8, 4) is 0 Å². The summed E-state index contributed by atoms with van der Waals surface area (Å²) < 4.78 is 52.6. The number of nitrogens with one attached hydrogen (secondary N) is 1. The Hall–Kier alpha value is -1.74. The maximum Gasteiger partial charge on any atom is 0.266 e. The van der Waals surface area contributed by atoms with Crippen molar-refractivity contribution >= 4 is 32.2 Å². The highest BCUT2D eigenvalue weighted by molar-refractivity contribution is 7.93. The molecule has 19 heavy (non-hydrogen) atoms. The van der Waals surface area contributed by atoms with Crippen LogP contribution >= 0.6 is 11.3 Å². The van der Waals surface area contributed by atoms with E-state index in [0.717, 1.165) is 22.3 Å².